The number of halogens is 1. The third-order valence-corrected chi connectivity index (χ3v) is 12.4. The molecule has 2 unspecified atom stereocenters. The second-order valence-corrected chi connectivity index (χ2v) is 20.6. The number of carbonyl (C=O) groups excluding carboxylic acids is 11. The Morgan fingerprint density at radius 3 is 0.989 bits per heavy atom. The molecule has 4 rings (SSSR count). The number of aliphatic carboxylic acids is 1. The molecule has 24 nitrogen and oxygen atoms in total. The van der Waals surface area contributed by atoms with Gasteiger partial charge in [0.1, 0.15) is 61.4 Å². The number of alkyl halides is 1. The Morgan fingerprint density at radius 1 is 0.451 bits per heavy atom. The third-order valence-electron chi connectivity index (χ3n) is 11.9. The predicted octanol–water partition coefficient (Wildman–Crippen LogP) is 4.89. The van der Waals surface area contributed by atoms with E-state index in [9.17, 15) is 62.6 Å². The molecule has 0 spiro atoms. The van der Waals surface area contributed by atoms with Crippen LogP contribution in [0.25, 0.3) is 0 Å². The van der Waals surface area contributed by atoms with Crippen molar-refractivity contribution in [2.75, 3.05) is 5.33 Å². The normalized spacial score (nSPS) is 12.2. The summed E-state index contributed by atoms with van der Waals surface area (Å²) in [6.45, 7) is 12.6. The molecule has 0 heterocycles. The summed E-state index contributed by atoms with van der Waals surface area (Å²) in [6, 6.07) is 32.7. The fourth-order valence-electron chi connectivity index (χ4n) is 7.18. The molecule has 0 fully saturated rings. The number of Topliss-reactive ketones (excluding diaryl/α,β-unsaturated/α-hetero) is 7. The summed E-state index contributed by atoms with van der Waals surface area (Å²) in [4.78, 5) is 135. The monoisotopic (exact) mass is 1340 g/mol. The molecule has 27 heteroatoms. The zero-order valence-corrected chi connectivity index (χ0v) is 56.8. The first-order chi connectivity index (χ1) is 42.1. The van der Waals surface area contributed by atoms with Crippen LogP contribution >= 0.6 is 15.9 Å². The number of hydrogen-bond acceptors (Lipinski definition) is 19. The predicted molar refractivity (Wildman–Crippen MR) is 342 cm³/mol. The van der Waals surface area contributed by atoms with E-state index in [2.05, 4.69) is 37.2 Å². The standard InChI is InChI=1S/C15H21NO4.C15H19NO4.C14H16BrNO4.C13H15NO5.C7H15NO2.B.Na.H2.H/c2*1-3-14(18)13(9-11(2)17)16-15(19)20-10-12-7-5-4-6-8-12;1-10(17)7-12(13(18)8-15)16-14(19)20-9-11-5-3-2-4-6-11;1-9(15)7-11(12(16)17)14-13(18)19-8-10-5-3-2-4-6-10;1-3-7(10)6(8)4-5(2)9;;;;/h4-8,13-14,18H,3,9-10H2,1-2H3,(H,16,19);4-8,13H,3,9-10H2,1-2H3,(H,16,19);2-6,12H,7-9H2,1H3,(H,16,19);2-6,11H,7-8H2,1H3,(H,14,18)(H,16,17);6-7,10H,3-4,8H2,1-2H3;;;1H;/q;;;;;;+1;;-1/t13-,14?;13-;12-;11-;6-,7?;;;;/m00000..../s1. The number of hydrogen-bond donors (Lipinski definition) is 8. The number of benzene rings is 4. The largest absolute Gasteiger partial charge is 1.00 e. The van der Waals surface area contributed by atoms with Gasteiger partial charge in [0, 0.05) is 54.4 Å². The first kappa shape index (κ1) is 87.7. The number of aliphatic hydroxyl groups is 2. The van der Waals surface area contributed by atoms with E-state index in [0.717, 1.165) is 22.3 Å². The van der Waals surface area contributed by atoms with Crippen molar-refractivity contribution in [2.24, 2.45) is 5.73 Å². The zero-order chi connectivity index (χ0) is 67.3. The zero-order valence-electron chi connectivity index (χ0n) is 54.2. The molecule has 0 aliphatic heterocycles. The molecule has 0 saturated carbocycles. The van der Waals surface area contributed by atoms with Gasteiger partial charge in [-0.1, -0.05) is 158 Å². The maximum absolute atomic E-state index is 11.7. The third kappa shape index (κ3) is 45.5. The number of amides is 4. The van der Waals surface area contributed by atoms with E-state index in [0.29, 0.717) is 12.8 Å². The molecular weight excluding hydrogens is 1260 g/mol. The van der Waals surface area contributed by atoms with Gasteiger partial charge in [-0.05, 0) is 69.7 Å². The summed E-state index contributed by atoms with van der Waals surface area (Å²) in [5.74, 6) is -2.44. The summed E-state index contributed by atoms with van der Waals surface area (Å²) in [6.07, 6.45) is -2.83. The molecule has 495 valence electrons. The van der Waals surface area contributed by atoms with Crippen molar-refractivity contribution in [3.63, 3.8) is 0 Å². The average Bonchev–Trinajstić information content (AvgIpc) is 3.01. The van der Waals surface area contributed by atoms with Crippen LogP contribution in [0.1, 0.15) is 132 Å². The van der Waals surface area contributed by atoms with Crippen LogP contribution < -0.4 is 56.6 Å². The Balaban J connectivity index is -0.000000348. The summed E-state index contributed by atoms with van der Waals surface area (Å²) < 4.78 is 20.0. The molecule has 9 N–H and O–H groups in total. The summed E-state index contributed by atoms with van der Waals surface area (Å²) in [5, 5.41) is 37.3. The Labute approximate surface area is 567 Å². The van der Waals surface area contributed by atoms with Gasteiger partial charge in [-0.15, -0.1) is 0 Å². The van der Waals surface area contributed by atoms with Crippen molar-refractivity contribution in [3.05, 3.63) is 144 Å². The molecule has 91 heavy (non-hydrogen) atoms. The van der Waals surface area contributed by atoms with E-state index >= 15 is 0 Å². The second-order valence-electron chi connectivity index (χ2n) is 20.0. The number of nitrogens with two attached hydrogens (primary N) is 1. The second kappa shape index (κ2) is 52.2. The molecule has 4 amide bonds. The van der Waals surface area contributed by atoms with Crippen molar-refractivity contribution in [3.8, 4) is 0 Å². The number of alkyl carbamates (subject to hydrolysis) is 4. The van der Waals surface area contributed by atoms with Crippen LogP contribution in [0.5, 0.6) is 0 Å². The molecule has 3 radical (unpaired) electrons. The molecule has 4 aromatic rings. The number of aliphatic hydroxyl groups excluding tert-OH is 2. The van der Waals surface area contributed by atoms with Crippen LogP contribution in [0.2, 0.25) is 0 Å². The number of ketones is 7. The minimum Gasteiger partial charge on any atom is -1.00 e. The summed E-state index contributed by atoms with van der Waals surface area (Å²) >= 11 is 3.02. The van der Waals surface area contributed by atoms with Crippen LogP contribution in [0.4, 0.5) is 19.2 Å². The van der Waals surface area contributed by atoms with Crippen molar-refractivity contribution >= 4 is 95.2 Å². The average molecular weight is 1350 g/mol. The minimum atomic E-state index is -1.27. The molecule has 0 aliphatic carbocycles. The SMILES string of the molecule is CC(=O)C[C@H](NC(=O)OCc1ccccc1)C(=O)CBr.CC(=O)C[C@H](NC(=O)OCc1ccccc1)C(=O)O.CCC(=O)[C@H](CC(C)=O)NC(=O)OCc1ccccc1.CCC(O)[C@@H](N)CC(C)=O.CCC(O)[C@H](CC(C)=O)NC(=O)OCc1ccccc1.[B].[H-].[HH].[Na+]. The summed E-state index contributed by atoms with van der Waals surface area (Å²) in [7, 11) is 0. The van der Waals surface area contributed by atoms with Gasteiger partial charge in [0.15, 0.2) is 11.6 Å². The van der Waals surface area contributed by atoms with Crippen LogP contribution in [-0.2, 0) is 83.7 Å². The number of ether oxygens (including phenoxy) is 4. The number of carboxylic acid groups (broad SMARTS) is 1. The summed E-state index contributed by atoms with van der Waals surface area (Å²) in [5.41, 5.74) is 8.82. The first-order valence-corrected chi connectivity index (χ1v) is 29.6. The van der Waals surface area contributed by atoms with Gasteiger partial charge in [0.25, 0.3) is 0 Å². The molecular formula is C64H89BBrN5NaO19. The van der Waals surface area contributed by atoms with Crippen molar-refractivity contribution < 1.29 is 124 Å². The van der Waals surface area contributed by atoms with E-state index in [1.54, 1.807) is 38.1 Å². The maximum atomic E-state index is 11.7. The van der Waals surface area contributed by atoms with Crippen LogP contribution in [0.15, 0.2) is 121 Å². The quantitative estimate of drug-likeness (QED) is 0.0189. The van der Waals surface area contributed by atoms with E-state index in [-0.39, 0.29) is 158 Å². The Morgan fingerprint density at radius 2 is 0.725 bits per heavy atom. The molecule has 4 aromatic carbocycles. The van der Waals surface area contributed by atoms with Gasteiger partial charge >= 0.3 is 59.9 Å². The van der Waals surface area contributed by atoms with E-state index < -0.39 is 66.7 Å². The van der Waals surface area contributed by atoms with Gasteiger partial charge in [0.05, 0.1) is 35.7 Å². The van der Waals surface area contributed by atoms with E-state index in [1.807, 2.05) is 104 Å². The molecule has 0 bridgehead atoms. The fraction of sp³-hybridized carbons (Fsp3) is 0.438. The van der Waals surface area contributed by atoms with Gasteiger partial charge in [-0.25, -0.2) is 24.0 Å². The molecule has 7 atom stereocenters. The van der Waals surface area contributed by atoms with Gasteiger partial charge < -0.3 is 62.7 Å². The van der Waals surface area contributed by atoms with Crippen LogP contribution in [-0.4, -0.2) is 142 Å². The fourth-order valence-corrected chi connectivity index (χ4v) is 7.57. The van der Waals surface area contributed by atoms with Crippen LogP contribution in [0, 0.1) is 0 Å². The van der Waals surface area contributed by atoms with Crippen LogP contribution in [0.3, 0.4) is 0 Å². The Hall–Kier alpha value is -7.46. The number of rotatable bonds is 31. The van der Waals surface area contributed by atoms with E-state index in [4.69, 9.17) is 34.9 Å². The topological polar surface area (TPSA) is 377 Å². The minimum absolute atomic E-state index is 0. The van der Waals surface area contributed by atoms with Crippen molar-refractivity contribution in [2.45, 2.75) is 176 Å². The first-order valence-electron chi connectivity index (χ1n) is 28.5. The van der Waals surface area contributed by atoms with Gasteiger partial charge in [0.2, 0.25) is 0 Å². The van der Waals surface area contributed by atoms with Crippen molar-refractivity contribution in [1.29, 1.82) is 0 Å². The Bertz CT molecular complexity index is 2740. The number of carboxylic acids is 1. The Kier molecular flexibility index (Phi) is 50.3. The van der Waals surface area contributed by atoms with Gasteiger partial charge in [-0.2, -0.15) is 0 Å². The number of carbonyl (C=O) groups is 12. The van der Waals surface area contributed by atoms with E-state index in [1.165, 1.54) is 34.6 Å². The molecule has 0 aromatic heterocycles. The molecule has 0 saturated heterocycles. The number of nitrogens with one attached hydrogen (secondary N) is 4. The smallest absolute Gasteiger partial charge is 1.00 e. The van der Waals surface area contributed by atoms with Crippen molar-refractivity contribution in [1.82, 2.24) is 21.3 Å². The maximum Gasteiger partial charge on any atom is 1.00 e. The van der Waals surface area contributed by atoms with Gasteiger partial charge in [-0.3, -0.25) is 33.6 Å². The molecule has 0 aliphatic rings.